The van der Waals surface area contributed by atoms with Crippen LogP contribution in [0.4, 0.5) is 0 Å². The quantitative estimate of drug-likeness (QED) is 0.892. The second kappa shape index (κ2) is 7.63. The zero-order valence-electron chi connectivity index (χ0n) is 14.8. The zero-order chi connectivity index (χ0) is 18.0. The molecule has 25 heavy (non-hydrogen) atoms. The van der Waals surface area contributed by atoms with E-state index in [0.717, 1.165) is 37.2 Å². The van der Waals surface area contributed by atoms with Gasteiger partial charge in [0.05, 0.1) is 11.6 Å². The molecule has 1 fully saturated rings. The second-order valence-electron chi connectivity index (χ2n) is 6.69. The first-order valence-electron chi connectivity index (χ1n) is 8.95. The van der Waals surface area contributed by atoms with E-state index in [9.17, 15) is 9.90 Å². The largest absolute Gasteiger partial charge is 0.507 e. The Bertz CT molecular complexity index is 810. The van der Waals surface area contributed by atoms with Gasteiger partial charge < -0.3 is 9.67 Å². The Hall–Kier alpha value is -1.78. The Kier molecular flexibility index (Phi) is 5.50. The van der Waals surface area contributed by atoms with Gasteiger partial charge in [-0.05, 0) is 63.5 Å². The van der Waals surface area contributed by atoms with Crippen LogP contribution in [-0.2, 0) is 6.54 Å². The highest BCUT2D eigenvalue weighted by atomic mass is 35.5. The van der Waals surface area contributed by atoms with E-state index in [1.165, 1.54) is 6.42 Å². The van der Waals surface area contributed by atoms with Gasteiger partial charge in [0.25, 0.3) is 5.56 Å². The van der Waals surface area contributed by atoms with E-state index >= 15 is 0 Å². The molecule has 0 saturated carbocycles. The summed E-state index contributed by atoms with van der Waals surface area (Å²) in [5.41, 5.74) is 2.07. The van der Waals surface area contributed by atoms with Crippen LogP contribution in [0.1, 0.15) is 49.0 Å². The lowest BCUT2D eigenvalue weighted by molar-refractivity contribution is 0.183. The van der Waals surface area contributed by atoms with Crippen LogP contribution in [0.2, 0.25) is 5.02 Å². The van der Waals surface area contributed by atoms with Crippen LogP contribution in [-0.4, -0.2) is 27.7 Å². The Labute approximate surface area is 153 Å². The summed E-state index contributed by atoms with van der Waals surface area (Å²) < 4.78 is 1.72. The maximum absolute atomic E-state index is 13.1. The summed E-state index contributed by atoms with van der Waals surface area (Å²) in [6.45, 7) is 6.21. The SMILES string of the molecule is CCn1c(C)cc(O)c(C(c2cccc(Cl)c2)N2CCCCC2)c1=O. The Morgan fingerprint density at radius 2 is 1.92 bits per heavy atom. The molecule has 0 aliphatic carbocycles. The van der Waals surface area contributed by atoms with E-state index in [4.69, 9.17) is 11.6 Å². The van der Waals surface area contributed by atoms with Crippen molar-refractivity contribution in [2.45, 2.75) is 45.7 Å². The van der Waals surface area contributed by atoms with Gasteiger partial charge in [-0.15, -0.1) is 0 Å². The molecule has 5 heteroatoms. The number of hydrogen-bond donors (Lipinski definition) is 1. The fraction of sp³-hybridized carbons (Fsp3) is 0.450. The lowest BCUT2D eigenvalue weighted by atomic mass is 9.94. The summed E-state index contributed by atoms with van der Waals surface area (Å²) in [5, 5.41) is 11.3. The molecule has 0 amide bonds. The van der Waals surface area contributed by atoms with Gasteiger partial charge in [-0.1, -0.05) is 30.2 Å². The third-order valence-electron chi connectivity index (χ3n) is 5.03. The molecule has 0 bridgehead atoms. The first kappa shape index (κ1) is 18.0. The van der Waals surface area contributed by atoms with Crippen molar-refractivity contribution in [3.63, 3.8) is 0 Å². The molecule has 1 saturated heterocycles. The van der Waals surface area contributed by atoms with Crippen molar-refractivity contribution in [3.05, 3.63) is 62.5 Å². The third-order valence-corrected chi connectivity index (χ3v) is 5.27. The number of aromatic hydroxyl groups is 1. The Morgan fingerprint density at radius 3 is 2.56 bits per heavy atom. The summed E-state index contributed by atoms with van der Waals surface area (Å²) in [4.78, 5) is 15.4. The highest BCUT2D eigenvalue weighted by molar-refractivity contribution is 6.30. The van der Waals surface area contributed by atoms with Crippen molar-refractivity contribution < 1.29 is 5.11 Å². The van der Waals surface area contributed by atoms with E-state index in [0.29, 0.717) is 17.1 Å². The van der Waals surface area contributed by atoms with E-state index < -0.39 is 0 Å². The molecule has 1 N–H and O–H groups in total. The van der Waals surface area contributed by atoms with Crippen molar-refractivity contribution >= 4 is 11.6 Å². The molecule has 0 radical (unpaired) electrons. The van der Waals surface area contributed by atoms with Gasteiger partial charge in [-0.3, -0.25) is 9.69 Å². The molecule has 1 atom stereocenters. The highest BCUT2D eigenvalue weighted by Gasteiger charge is 2.29. The van der Waals surface area contributed by atoms with E-state index in [1.54, 1.807) is 10.6 Å². The van der Waals surface area contributed by atoms with Crippen LogP contribution in [0.15, 0.2) is 35.1 Å². The molecule has 1 aromatic carbocycles. The van der Waals surface area contributed by atoms with Crippen LogP contribution in [0.5, 0.6) is 5.75 Å². The first-order valence-corrected chi connectivity index (χ1v) is 9.33. The minimum Gasteiger partial charge on any atom is -0.507 e. The van der Waals surface area contributed by atoms with Crippen molar-refractivity contribution in [2.24, 2.45) is 0 Å². The van der Waals surface area contributed by atoms with Crippen molar-refractivity contribution in [3.8, 4) is 5.75 Å². The van der Waals surface area contributed by atoms with Crippen molar-refractivity contribution in [1.82, 2.24) is 9.47 Å². The van der Waals surface area contributed by atoms with E-state index in [-0.39, 0.29) is 17.4 Å². The van der Waals surface area contributed by atoms with E-state index in [2.05, 4.69) is 4.90 Å². The number of nitrogens with zero attached hydrogens (tertiary/aromatic N) is 2. The third kappa shape index (κ3) is 3.60. The number of likely N-dealkylation sites (tertiary alicyclic amines) is 1. The van der Waals surface area contributed by atoms with Gasteiger partial charge in [0.1, 0.15) is 5.75 Å². The number of aryl methyl sites for hydroxylation is 1. The molecule has 1 aliphatic rings. The van der Waals surface area contributed by atoms with Crippen LogP contribution in [0, 0.1) is 6.92 Å². The highest BCUT2D eigenvalue weighted by Crippen LogP contribution is 2.35. The van der Waals surface area contributed by atoms with Crippen molar-refractivity contribution in [1.29, 1.82) is 0 Å². The molecule has 1 aromatic heterocycles. The van der Waals surface area contributed by atoms with Gasteiger partial charge >= 0.3 is 0 Å². The normalized spacial score (nSPS) is 16.8. The van der Waals surface area contributed by atoms with Crippen LogP contribution < -0.4 is 5.56 Å². The fourth-order valence-corrected chi connectivity index (χ4v) is 4.03. The van der Waals surface area contributed by atoms with Gasteiger partial charge in [-0.2, -0.15) is 0 Å². The van der Waals surface area contributed by atoms with E-state index in [1.807, 2.05) is 38.1 Å². The number of aromatic nitrogens is 1. The maximum atomic E-state index is 13.1. The molecule has 1 unspecified atom stereocenters. The molecular weight excluding hydrogens is 336 g/mol. The number of benzene rings is 1. The van der Waals surface area contributed by atoms with Crippen LogP contribution in [0.25, 0.3) is 0 Å². The number of pyridine rings is 1. The number of piperidine rings is 1. The monoisotopic (exact) mass is 360 g/mol. The fourth-order valence-electron chi connectivity index (χ4n) is 3.83. The summed E-state index contributed by atoms with van der Waals surface area (Å²) in [6, 6.07) is 9.04. The molecule has 1 aliphatic heterocycles. The number of hydrogen-bond acceptors (Lipinski definition) is 3. The number of rotatable bonds is 4. The average Bonchev–Trinajstić information content (AvgIpc) is 2.59. The van der Waals surface area contributed by atoms with Gasteiger partial charge in [-0.25, -0.2) is 0 Å². The summed E-state index contributed by atoms with van der Waals surface area (Å²) in [6.07, 6.45) is 3.41. The Morgan fingerprint density at radius 1 is 1.20 bits per heavy atom. The summed E-state index contributed by atoms with van der Waals surface area (Å²) in [5.74, 6) is 0.0720. The second-order valence-corrected chi connectivity index (χ2v) is 7.12. The molecule has 4 nitrogen and oxygen atoms in total. The molecule has 2 aromatic rings. The molecule has 0 spiro atoms. The predicted molar refractivity (Wildman–Crippen MR) is 101 cm³/mol. The maximum Gasteiger partial charge on any atom is 0.259 e. The lowest BCUT2D eigenvalue weighted by Crippen LogP contribution is -2.38. The molecule has 134 valence electrons. The summed E-state index contributed by atoms with van der Waals surface area (Å²) >= 11 is 6.21. The van der Waals surface area contributed by atoms with Crippen LogP contribution >= 0.6 is 11.6 Å². The summed E-state index contributed by atoms with van der Waals surface area (Å²) in [7, 11) is 0. The van der Waals surface area contributed by atoms with Crippen LogP contribution in [0.3, 0.4) is 0 Å². The Balaban J connectivity index is 2.20. The average molecular weight is 361 g/mol. The van der Waals surface area contributed by atoms with Crippen molar-refractivity contribution in [2.75, 3.05) is 13.1 Å². The first-order chi connectivity index (χ1) is 12.0. The minimum absolute atomic E-state index is 0.0720. The van der Waals surface area contributed by atoms with Gasteiger partial charge in [0.2, 0.25) is 0 Å². The van der Waals surface area contributed by atoms with Gasteiger partial charge in [0.15, 0.2) is 0 Å². The number of halogens is 1. The molecule has 3 rings (SSSR count). The topological polar surface area (TPSA) is 45.5 Å². The smallest absolute Gasteiger partial charge is 0.259 e. The predicted octanol–water partition coefficient (Wildman–Crippen LogP) is 4.11. The standard InChI is InChI=1S/C20H25ClN2O2/c1-3-23-14(2)12-17(24)18(20(23)25)19(22-10-5-4-6-11-22)15-8-7-9-16(21)13-15/h7-9,12-13,19,24H,3-6,10-11H2,1-2H3. The minimum atomic E-state index is -0.273. The zero-order valence-corrected chi connectivity index (χ0v) is 15.6. The van der Waals surface area contributed by atoms with Gasteiger partial charge in [0, 0.05) is 17.3 Å². The molecular formula is C20H25ClN2O2. The molecule has 2 heterocycles. The lowest BCUT2D eigenvalue weighted by Gasteiger charge is -2.35.